The zero-order chi connectivity index (χ0) is 10.4. The Balaban J connectivity index is 2.62. The Morgan fingerprint density at radius 1 is 1.50 bits per heavy atom. The number of ether oxygens (including phenoxy) is 1. The molecule has 0 saturated carbocycles. The second kappa shape index (κ2) is 5.37. The van der Waals surface area contributed by atoms with Gasteiger partial charge in [0.2, 0.25) is 0 Å². The molecule has 0 aliphatic carbocycles. The maximum atomic E-state index is 11.8. The van der Waals surface area contributed by atoms with E-state index in [4.69, 9.17) is 4.74 Å². The first-order valence-corrected chi connectivity index (χ1v) is 4.52. The van der Waals surface area contributed by atoms with Gasteiger partial charge in [-0.15, -0.1) is 0 Å². The van der Waals surface area contributed by atoms with E-state index in [0.717, 1.165) is 11.8 Å². The molecule has 1 rings (SSSR count). The second-order valence-corrected chi connectivity index (χ2v) is 3.03. The summed E-state index contributed by atoms with van der Waals surface area (Å²) in [4.78, 5) is 10.5. The lowest BCUT2D eigenvalue weighted by atomic mass is 10.1. The quantitative estimate of drug-likeness (QED) is 0.534. The van der Waals surface area contributed by atoms with Gasteiger partial charge in [0.1, 0.15) is 12.0 Å². The molecule has 14 heavy (non-hydrogen) atoms. The van der Waals surface area contributed by atoms with Crippen LogP contribution in [0.15, 0.2) is 18.2 Å². The van der Waals surface area contributed by atoms with Crippen molar-refractivity contribution in [2.75, 3.05) is 13.3 Å². The Kier molecular flexibility index (Phi) is 4.11. The van der Waals surface area contributed by atoms with E-state index in [1.165, 1.54) is 0 Å². The van der Waals surface area contributed by atoms with E-state index in [0.29, 0.717) is 24.3 Å². The van der Waals surface area contributed by atoms with Crippen LogP contribution in [-0.4, -0.2) is 19.6 Å². The third-order valence-corrected chi connectivity index (χ3v) is 1.91. The van der Waals surface area contributed by atoms with Crippen LogP contribution < -0.4 is 4.74 Å². The first-order chi connectivity index (χ1) is 6.77. The summed E-state index contributed by atoms with van der Waals surface area (Å²) in [5.41, 5.74) is 1.53. The van der Waals surface area contributed by atoms with Gasteiger partial charge < -0.3 is 4.74 Å². The number of aldehydes is 1. The normalized spacial score (nSPS) is 9.86. The van der Waals surface area contributed by atoms with Crippen LogP contribution in [0.1, 0.15) is 22.3 Å². The van der Waals surface area contributed by atoms with Crippen molar-refractivity contribution in [2.24, 2.45) is 0 Å². The summed E-state index contributed by atoms with van der Waals surface area (Å²) in [7, 11) is 0. The van der Waals surface area contributed by atoms with Crippen molar-refractivity contribution in [3.05, 3.63) is 29.3 Å². The lowest BCUT2D eigenvalue weighted by Gasteiger charge is -2.06. The Hall–Kier alpha value is -1.38. The molecule has 0 atom stereocenters. The predicted octanol–water partition coefficient (Wildman–Crippen LogP) is 2.55. The molecular weight excluding hydrogens is 183 g/mol. The van der Waals surface area contributed by atoms with Crippen molar-refractivity contribution in [3.63, 3.8) is 0 Å². The fourth-order valence-electron chi connectivity index (χ4n) is 1.11. The maximum Gasteiger partial charge on any atom is 0.150 e. The third-order valence-electron chi connectivity index (χ3n) is 1.91. The van der Waals surface area contributed by atoms with Crippen molar-refractivity contribution in [1.29, 1.82) is 0 Å². The molecule has 1 aromatic carbocycles. The number of rotatable bonds is 5. The third kappa shape index (κ3) is 2.83. The standard InChI is InChI=1S/C11H13FO2/c1-9-7-11(14-6-2-5-12)4-3-10(9)8-13/h3-4,7-8H,2,5-6H2,1H3. The zero-order valence-corrected chi connectivity index (χ0v) is 8.13. The molecule has 0 N–H and O–H groups in total. The topological polar surface area (TPSA) is 26.3 Å². The summed E-state index contributed by atoms with van der Waals surface area (Å²) in [5.74, 6) is 0.682. The van der Waals surface area contributed by atoms with Crippen molar-refractivity contribution >= 4 is 6.29 Å². The highest BCUT2D eigenvalue weighted by molar-refractivity contribution is 5.77. The van der Waals surface area contributed by atoms with Crippen molar-refractivity contribution in [2.45, 2.75) is 13.3 Å². The molecule has 0 aliphatic rings. The van der Waals surface area contributed by atoms with Crippen LogP contribution in [-0.2, 0) is 0 Å². The van der Waals surface area contributed by atoms with Gasteiger partial charge in [-0.3, -0.25) is 9.18 Å². The molecule has 76 valence electrons. The number of carbonyl (C=O) groups excluding carboxylic acids is 1. The summed E-state index contributed by atoms with van der Waals surface area (Å²) >= 11 is 0. The molecule has 0 fully saturated rings. The van der Waals surface area contributed by atoms with Crippen molar-refractivity contribution < 1.29 is 13.9 Å². The summed E-state index contributed by atoms with van der Waals surface area (Å²) in [6.45, 7) is 1.84. The molecule has 0 unspecified atom stereocenters. The largest absolute Gasteiger partial charge is 0.493 e. The number of aryl methyl sites for hydroxylation is 1. The van der Waals surface area contributed by atoms with Gasteiger partial charge in [-0.1, -0.05) is 0 Å². The predicted molar refractivity (Wildman–Crippen MR) is 52.7 cm³/mol. The monoisotopic (exact) mass is 196 g/mol. The van der Waals surface area contributed by atoms with E-state index < -0.39 is 0 Å². The molecule has 0 saturated heterocycles. The first-order valence-electron chi connectivity index (χ1n) is 4.52. The summed E-state index contributed by atoms with van der Waals surface area (Å²) < 4.78 is 17.0. The highest BCUT2D eigenvalue weighted by atomic mass is 19.1. The summed E-state index contributed by atoms with van der Waals surface area (Å²) in [5, 5.41) is 0. The van der Waals surface area contributed by atoms with Crippen LogP contribution in [0.2, 0.25) is 0 Å². The molecule has 0 radical (unpaired) electrons. The number of benzene rings is 1. The lowest BCUT2D eigenvalue weighted by Crippen LogP contribution is -1.98. The minimum Gasteiger partial charge on any atom is -0.493 e. The van der Waals surface area contributed by atoms with Gasteiger partial charge in [-0.25, -0.2) is 0 Å². The Morgan fingerprint density at radius 3 is 2.86 bits per heavy atom. The van der Waals surface area contributed by atoms with Crippen LogP contribution in [0.5, 0.6) is 5.75 Å². The molecule has 0 aliphatic heterocycles. The molecule has 0 heterocycles. The van der Waals surface area contributed by atoms with Gasteiger partial charge in [0.15, 0.2) is 0 Å². The van der Waals surface area contributed by atoms with Crippen LogP contribution in [0.4, 0.5) is 4.39 Å². The highest BCUT2D eigenvalue weighted by Crippen LogP contribution is 2.16. The smallest absolute Gasteiger partial charge is 0.150 e. The van der Waals surface area contributed by atoms with Crippen LogP contribution in [0, 0.1) is 6.92 Å². The molecule has 2 nitrogen and oxygen atoms in total. The number of hydrogen-bond donors (Lipinski definition) is 0. The summed E-state index contributed by atoms with van der Waals surface area (Å²) in [6, 6.07) is 5.20. The van der Waals surface area contributed by atoms with Crippen LogP contribution >= 0.6 is 0 Å². The Morgan fingerprint density at radius 2 is 2.29 bits per heavy atom. The minimum atomic E-state index is -0.370. The molecule has 0 aromatic heterocycles. The SMILES string of the molecule is Cc1cc(OCCCF)ccc1C=O. The fourth-order valence-corrected chi connectivity index (χ4v) is 1.11. The maximum absolute atomic E-state index is 11.8. The lowest BCUT2D eigenvalue weighted by molar-refractivity contribution is 0.112. The van der Waals surface area contributed by atoms with Gasteiger partial charge in [0, 0.05) is 12.0 Å². The number of halogens is 1. The van der Waals surface area contributed by atoms with E-state index in [2.05, 4.69) is 0 Å². The average molecular weight is 196 g/mol. The molecular formula is C11H13FO2. The molecule has 0 spiro atoms. The van der Waals surface area contributed by atoms with Crippen LogP contribution in [0.3, 0.4) is 0 Å². The Bertz CT molecular complexity index is 310. The second-order valence-electron chi connectivity index (χ2n) is 3.03. The molecule has 1 aromatic rings. The first kappa shape index (κ1) is 10.7. The van der Waals surface area contributed by atoms with E-state index >= 15 is 0 Å². The van der Waals surface area contributed by atoms with Crippen molar-refractivity contribution in [1.82, 2.24) is 0 Å². The van der Waals surface area contributed by atoms with Gasteiger partial charge in [0.25, 0.3) is 0 Å². The Labute approximate surface area is 82.7 Å². The van der Waals surface area contributed by atoms with Crippen LogP contribution in [0.25, 0.3) is 0 Å². The van der Waals surface area contributed by atoms with E-state index in [1.807, 2.05) is 6.92 Å². The van der Waals surface area contributed by atoms with Gasteiger partial charge in [-0.05, 0) is 30.7 Å². The van der Waals surface area contributed by atoms with Crippen molar-refractivity contribution in [3.8, 4) is 5.75 Å². The van der Waals surface area contributed by atoms with Gasteiger partial charge in [-0.2, -0.15) is 0 Å². The number of hydrogen-bond acceptors (Lipinski definition) is 2. The van der Waals surface area contributed by atoms with E-state index in [9.17, 15) is 9.18 Å². The molecule has 0 bridgehead atoms. The molecule has 0 amide bonds. The average Bonchev–Trinajstić information content (AvgIpc) is 2.18. The van der Waals surface area contributed by atoms with E-state index in [-0.39, 0.29) is 6.67 Å². The number of carbonyl (C=O) groups is 1. The van der Waals surface area contributed by atoms with E-state index in [1.54, 1.807) is 18.2 Å². The highest BCUT2D eigenvalue weighted by Gasteiger charge is 1.99. The fraction of sp³-hybridized carbons (Fsp3) is 0.364. The molecule has 3 heteroatoms. The zero-order valence-electron chi connectivity index (χ0n) is 8.13. The van der Waals surface area contributed by atoms with Gasteiger partial charge in [0.05, 0.1) is 13.3 Å². The van der Waals surface area contributed by atoms with Gasteiger partial charge >= 0.3 is 0 Å². The minimum absolute atomic E-state index is 0.370. The summed E-state index contributed by atoms with van der Waals surface area (Å²) in [6.07, 6.45) is 1.20. The number of alkyl halides is 1.